The number of hydrogen-bond donors (Lipinski definition) is 2. The molecule has 1 amide bonds. The molecule has 0 aliphatic carbocycles. The number of benzene rings is 2. The van der Waals surface area contributed by atoms with Gasteiger partial charge in [-0.3, -0.25) is 0 Å². The van der Waals surface area contributed by atoms with Crippen LogP contribution in [0.4, 0.5) is 20.8 Å². The summed E-state index contributed by atoms with van der Waals surface area (Å²) in [6.45, 7) is 9.16. The molecule has 3 aromatic rings. The topological polar surface area (TPSA) is 99.9 Å². The van der Waals surface area contributed by atoms with Gasteiger partial charge in [0.15, 0.2) is 0 Å². The van der Waals surface area contributed by atoms with Crippen molar-refractivity contribution in [2.45, 2.75) is 45.8 Å². The van der Waals surface area contributed by atoms with E-state index in [0.29, 0.717) is 22.5 Å². The zero-order chi connectivity index (χ0) is 24.2. The summed E-state index contributed by atoms with van der Waals surface area (Å²) in [6, 6.07) is 15.4. The third-order valence-electron chi connectivity index (χ3n) is 4.68. The fourth-order valence-corrected chi connectivity index (χ4v) is 3.11. The standard InChI is InChI=1S/C25H26FN5O2/c1-24(2,3)33-23(32)31-25(4,5)18-11-9-16(10-12-18)21-17(14-27)15-28-22(30-21)29-20-8-6-7-19(26)13-20/h6-13,15H,1-5H3,(H,31,32)(H,28,29,30). The first-order valence-corrected chi connectivity index (χ1v) is 10.4. The number of nitriles is 1. The van der Waals surface area contributed by atoms with Crippen LogP contribution < -0.4 is 10.6 Å². The van der Waals surface area contributed by atoms with E-state index in [-0.39, 0.29) is 11.8 Å². The van der Waals surface area contributed by atoms with Crippen molar-refractivity contribution in [1.82, 2.24) is 15.3 Å². The molecule has 0 atom stereocenters. The molecule has 1 heterocycles. The van der Waals surface area contributed by atoms with Crippen LogP contribution in [0.5, 0.6) is 0 Å². The zero-order valence-electron chi connectivity index (χ0n) is 19.2. The van der Waals surface area contributed by atoms with E-state index in [0.717, 1.165) is 5.56 Å². The van der Waals surface area contributed by atoms with Gasteiger partial charge in [0.2, 0.25) is 5.95 Å². The van der Waals surface area contributed by atoms with Gasteiger partial charge in [0.1, 0.15) is 17.5 Å². The smallest absolute Gasteiger partial charge is 0.408 e. The van der Waals surface area contributed by atoms with Gasteiger partial charge in [0.25, 0.3) is 0 Å². The highest BCUT2D eigenvalue weighted by molar-refractivity contribution is 5.70. The molecule has 0 spiro atoms. The van der Waals surface area contributed by atoms with Crippen LogP contribution in [-0.2, 0) is 10.3 Å². The molecule has 0 saturated heterocycles. The molecule has 0 radical (unpaired) electrons. The molecule has 33 heavy (non-hydrogen) atoms. The molecule has 0 saturated carbocycles. The van der Waals surface area contributed by atoms with Crippen molar-refractivity contribution >= 4 is 17.7 Å². The maximum atomic E-state index is 13.5. The number of hydrogen-bond acceptors (Lipinski definition) is 6. The van der Waals surface area contributed by atoms with Gasteiger partial charge in [0, 0.05) is 11.3 Å². The number of anilines is 2. The first kappa shape index (κ1) is 23.7. The lowest BCUT2D eigenvalue weighted by Gasteiger charge is -2.29. The van der Waals surface area contributed by atoms with Crippen molar-refractivity contribution in [3.05, 3.63) is 71.7 Å². The summed E-state index contributed by atoms with van der Waals surface area (Å²) in [5, 5.41) is 15.3. The Bertz CT molecular complexity index is 1190. The Morgan fingerprint density at radius 1 is 1.09 bits per heavy atom. The molecule has 7 nitrogen and oxygen atoms in total. The van der Waals surface area contributed by atoms with Crippen molar-refractivity contribution in [2.75, 3.05) is 5.32 Å². The van der Waals surface area contributed by atoms with Crippen LogP contribution in [0.1, 0.15) is 45.7 Å². The maximum absolute atomic E-state index is 13.5. The van der Waals surface area contributed by atoms with E-state index in [1.54, 1.807) is 32.9 Å². The van der Waals surface area contributed by atoms with Crippen LogP contribution in [0.25, 0.3) is 11.3 Å². The van der Waals surface area contributed by atoms with E-state index in [4.69, 9.17) is 4.74 Å². The monoisotopic (exact) mass is 447 g/mol. The Labute approximate surface area is 192 Å². The fraction of sp³-hybridized carbons (Fsp3) is 0.280. The third-order valence-corrected chi connectivity index (χ3v) is 4.68. The lowest BCUT2D eigenvalue weighted by atomic mass is 9.93. The van der Waals surface area contributed by atoms with Crippen molar-refractivity contribution in [1.29, 1.82) is 5.26 Å². The minimum Gasteiger partial charge on any atom is -0.444 e. The van der Waals surface area contributed by atoms with E-state index in [1.807, 2.05) is 38.1 Å². The molecule has 0 fully saturated rings. The Morgan fingerprint density at radius 2 is 1.79 bits per heavy atom. The molecular formula is C25H26FN5O2. The van der Waals surface area contributed by atoms with Crippen LogP contribution >= 0.6 is 0 Å². The molecular weight excluding hydrogens is 421 g/mol. The number of amides is 1. The molecule has 0 bridgehead atoms. The van der Waals surface area contributed by atoms with Crippen LogP contribution in [0.3, 0.4) is 0 Å². The van der Waals surface area contributed by atoms with E-state index < -0.39 is 17.2 Å². The van der Waals surface area contributed by atoms with Crippen molar-refractivity contribution in [3.63, 3.8) is 0 Å². The minimum absolute atomic E-state index is 0.241. The summed E-state index contributed by atoms with van der Waals surface area (Å²) in [4.78, 5) is 20.8. The second kappa shape index (κ2) is 9.25. The number of halogens is 1. The average molecular weight is 448 g/mol. The number of carbonyl (C=O) groups excluding carboxylic acids is 1. The van der Waals surface area contributed by atoms with Crippen LogP contribution in [0, 0.1) is 17.1 Å². The summed E-state index contributed by atoms with van der Waals surface area (Å²) >= 11 is 0. The summed E-state index contributed by atoms with van der Waals surface area (Å²) in [6.07, 6.45) is 0.915. The van der Waals surface area contributed by atoms with Crippen molar-refractivity contribution in [3.8, 4) is 17.3 Å². The SMILES string of the molecule is CC(C)(C)OC(=O)NC(C)(C)c1ccc(-c2nc(Nc3cccc(F)c3)ncc2C#N)cc1. The first-order chi connectivity index (χ1) is 15.5. The molecule has 0 unspecified atom stereocenters. The average Bonchev–Trinajstić information content (AvgIpc) is 2.72. The largest absolute Gasteiger partial charge is 0.444 e. The number of nitrogens with one attached hydrogen (secondary N) is 2. The maximum Gasteiger partial charge on any atom is 0.408 e. The Morgan fingerprint density at radius 3 is 2.39 bits per heavy atom. The predicted octanol–water partition coefficient (Wildman–Crippen LogP) is 5.66. The molecule has 1 aromatic heterocycles. The normalized spacial score (nSPS) is 11.4. The quantitative estimate of drug-likeness (QED) is 0.524. The number of alkyl carbamates (subject to hydrolysis) is 1. The number of aromatic nitrogens is 2. The highest BCUT2D eigenvalue weighted by Crippen LogP contribution is 2.27. The van der Waals surface area contributed by atoms with Gasteiger partial charge in [-0.2, -0.15) is 5.26 Å². The Kier molecular flexibility index (Phi) is 6.63. The highest BCUT2D eigenvalue weighted by Gasteiger charge is 2.26. The first-order valence-electron chi connectivity index (χ1n) is 10.4. The lowest BCUT2D eigenvalue weighted by molar-refractivity contribution is 0.0470. The second-order valence-electron chi connectivity index (χ2n) is 9.03. The number of nitrogens with zero attached hydrogens (tertiary/aromatic N) is 3. The summed E-state index contributed by atoms with van der Waals surface area (Å²) < 4.78 is 18.8. The lowest BCUT2D eigenvalue weighted by Crippen LogP contribution is -2.43. The number of ether oxygens (including phenoxy) is 1. The van der Waals surface area contributed by atoms with Gasteiger partial charge in [-0.1, -0.05) is 30.3 Å². The molecule has 170 valence electrons. The molecule has 2 N–H and O–H groups in total. The summed E-state index contributed by atoms with van der Waals surface area (Å²) in [5.41, 5.74) is 1.51. The summed E-state index contributed by atoms with van der Waals surface area (Å²) in [5.74, 6) is -0.141. The van der Waals surface area contributed by atoms with Gasteiger partial charge in [-0.05, 0) is 58.4 Å². The van der Waals surface area contributed by atoms with E-state index in [9.17, 15) is 14.4 Å². The van der Waals surface area contributed by atoms with Gasteiger partial charge >= 0.3 is 6.09 Å². The van der Waals surface area contributed by atoms with E-state index >= 15 is 0 Å². The van der Waals surface area contributed by atoms with Crippen molar-refractivity contribution < 1.29 is 13.9 Å². The zero-order valence-corrected chi connectivity index (χ0v) is 19.2. The Hall–Kier alpha value is -3.99. The molecule has 2 aromatic carbocycles. The summed E-state index contributed by atoms with van der Waals surface area (Å²) in [7, 11) is 0. The third kappa shape index (κ3) is 6.26. The number of rotatable bonds is 5. The van der Waals surface area contributed by atoms with Gasteiger partial charge in [-0.15, -0.1) is 0 Å². The fourth-order valence-electron chi connectivity index (χ4n) is 3.11. The molecule has 8 heteroatoms. The van der Waals surface area contributed by atoms with E-state index in [1.165, 1.54) is 18.3 Å². The second-order valence-corrected chi connectivity index (χ2v) is 9.03. The van der Waals surface area contributed by atoms with Gasteiger partial charge in [0.05, 0.1) is 23.0 Å². The molecule has 0 aliphatic heterocycles. The number of carbonyl (C=O) groups is 1. The van der Waals surface area contributed by atoms with Crippen LogP contribution in [0.15, 0.2) is 54.7 Å². The van der Waals surface area contributed by atoms with Crippen LogP contribution in [0.2, 0.25) is 0 Å². The predicted molar refractivity (Wildman–Crippen MR) is 124 cm³/mol. The van der Waals surface area contributed by atoms with Gasteiger partial charge in [-0.25, -0.2) is 19.2 Å². The molecule has 3 rings (SSSR count). The minimum atomic E-state index is -0.686. The van der Waals surface area contributed by atoms with E-state index in [2.05, 4.69) is 26.7 Å². The highest BCUT2D eigenvalue weighted by atomic mass is 19.1. The van der Waals surface area contributed by atoms with Crippen molar-refractivity contribution in [2.24, 2.45) is 0 Å². The van der Waals surface area contributed by atoms with Crippen LogP contribution in [-0.4, -0.2) is 21.7 Å². The molecule has 0 aliphatic rings. The Balaban J connectivity index is 1.85. The van der Waals surface area contributed by atoms with Gasteiger partial charge < -0.3 is 15.4 Å².